The van der Waals surface area contributed by atoms with E-state index in [1.165, 1.54) is 11.2 Å². The minimum Gasteiger partial charge on any atom is -0.307 e. The highest BCUT2D eigenvalue weighted by Gasteiger charge is 1.79. The summed E-state index contributed by atoms with van der Waals surface area (Å²) in [6, 6.07) is 0. The molecule has 0 aromatic carbocycles. The summed E-state index contributed by atoms with van der Waals surface area (Å²) in [6.45, 7) is 0. The van der Waals surface area contributed by atoms with E-state index in [-0.39, 0.29) is 0 Å². The summed E-state index contributed by atoms with van der Waals surface area (Å²) in [5.74, 6) is 4.74. The lowest BCUT2D eigenvalue weighted by Crippen LogP contribution is -2.19. The van der Waals surface area contributed by atoms with E-state index in [2.05, 4.69) is 5.10 Å². The average Bonchev–Trinajstić information content (AvgIpc) is 1.83. The number of hydrogen-bond donors (Lipinski definition) is 2. The van der Waals surface area contributed by atoms with E-state index in [0.29, 0.717) is 6.41 Å². The minimum absolute atomic E-state index is 0.612. The molecule has 0 saturated heterocycles. The van der Waals surface area contributed by atoms with Crippen molar-refractivity contribution >= 4 is 12.7 Å². The van der Waals surface area contributed by atoms with Crippen LogP contribution in [0.4, 0.5) is 0 Å². The maximum atomic E-state index is 9.78. The van der Waals surface area contributed by atoms with Gasteiger partial charge in [0.25, 0.3) is 0 Å². The zero-order chi connectivity index (χ0) is 6.41. The summed E-state index contributed by atoms with van der Waals surface area (Å²) in [4.78, 5) is 11.0. The summed E-state index contributed by atoms with van der Waals surface area (Å²) in [7, 11) is 1.55. The molecule has 46 valence electrons. The van der Waals surface area contributed by atoms with Crippen molar-refractivity contribution in [2.45, 2.75) is 0 Å². The molecule has 0 fully saturated rings. The van der Waals surface area contributed by atoms with Crippen LogP contribution in [0.5, 0.6) is 0 Å². The average molecular weight is 116 g/mol. The Kier molecular flexibility index (Phi) is 3.51. The molecule has 0 heterocycles. The van der Waals surface area contributed by atoms with Gasteiger partial charge in [-0.2, -0.15) is 5.10 Å². The highest BCUT2D eigenvalue weighted by molar-refractivity contribution is 5.71. The van der Waals surface area contributed by atoms with Crippen molar-refractivity contribution < 1.29 is 4.79 Å². The van der Waals surface area contributed by atoms with Gasteiger partial charge in [0.05, 0.1) is 0 Å². The van der Waals surface area contributed by atoms with Crippen LogP contribution in [-0.2, 0) is 4.79 Å². The Morgan fingerprint density at radius 2 is 2.50 bits per heavy atom. The summed E-state index contributed by atoms with van der Waals surface area (Å²) >= 11 is 0. The molecule has 1 amide bonds. The lowest BCUT2D eigenvalue weighted by molar-refractivity contribution is -0.113. The quantitative estimate of drug-likeness (QED) is 0.155. The van der Waals surface area contributed by atoms with Crippen molar-refractivity contribution in [2.75, 3.05) is 7.05 Å². The first-order valence-electron chi connectivity index (χ1n) is 1.97. The van der Waals surface area contributed by atoms with Crippen LogP contribution < -0.4 is 11.4 Å². The highest BCUT2D eigenvalue weighted by atomic mass is 16.1. The summed E-state index contributed by atoms with van der Waals surface area (Å²) in [6.07, 6.45) is 1.87. The fraction of sp³-hybridized carbons (Fsp3) is 0.333. The van der Waals surface area contributed by atoms with Crippen molar-refractivity contribution in [1.29, 1.82) is 0 Å². The van der Waals surface area contributed by atoms with E-state index in [1.54, 1.807) is 7.05 Å². The molecular weight excluding hydrogens is 108 g/mol. The number of hydrazine groups is 1. The molecule has 0 radical (unpaired) electrons. The zero-order valence-corrected chi connectivity index (χ0v) is 4.53. The maximum Gasteiger partial charge on any atom is 0.214 e. The van der Waals surface area contributed by atoms with Crippen molar-refractivity contribution in [3.63, 3.8) is 0 Å². The number of carbonyl (C=O) groups excluding carboxylic acids is 1. The van der Waals surface area contributed by atoms with Crippen LogP contribution in [0.2, 0.25) is 0 Å². The Hall–Kier alpha value is -1.10. The van der Waals surface area contributed by atoms with Crippen molar-refractivity contribution in [3.8, 4) is 0 Å². The Morgan fingerprint density at radius 3 is 2.88 bits per heavy atom. The van der Waals surface area contributed by atoms with Gasteiger partial charge in [0.1, 0.15) is 6.34 Å². The van der Waals surface area contributed by atoms with E-state index in [1.807, 2.05) is 5.53 Å². The smallest absolute Gasteiger partial charge is 0.214 e. The van der Waals surface area contributed by atoms with Crippen LogP contribution in [0.3, 0.4) is 0 Å². The van der Waals surface area contributed by atoms with Gasteiger partial charge in [0, 0.05) is 7.05 Å². The van der Waals surface area contributed by atoms with Crippen LogP contribution in [0.25, 0.3) is 0 Å². The molecule has 0 saturated carbocycles. The van der Waals surface area contributed by atoms with Crippen molar-refractivity contribution in [1.82, 2.24) is 10.4 Å². The minimum atomic E-state index is 0.612. The molecule has 0 spiro atoms. The molecule has 0 rings (SSSR count). The van der Waals surface area contributed by atoms with Gasteiger partial charge in [0.15, 0.2) is 0 Å². The Balaban J connectivity index is 3.35. The molecule has 0 atom stereocenters. The number of nitrogens with one attached hydrogen (secondary N) is 1. The molecular formula is C3H8N4O. The zero-order valence-electron chi connectivity index (χ0n) is 4.53. The highest BCUT2D eigenvalue weighted by Crippen LogP contribution is 1.61. The van der Waals surface area contributed by atoms with Crippen molar-refractivity contribution in [3.05, 3.63) is 0 Å². The Labute approximate surface area is 47.1 Å². The molecule has 0 unspecified atom stereocenters. The lowest BCUT2D eigenvalue weighted by atomic mass is 10.9. The van der Waals surface area contributed by atoms with Gasteiger partial charge in [0.2, 0.25) is 6.41 Å². The third-order valence-corrected chi connectivity index (χ3v) is 0.481. The molecule has 0 aliphatic rings. The predicted octanol–water partition coefficient (Wildman–Crippen LogP) is -1.52. The van der Waals surface area contributed by atoms with Crippen LogP contribution in [0.1, 0.15) is 0 Å². The van der Waals surface area contributed by atoms with E-state index >= 15 is 0 Å². The summed E-state index contributed by atoms with van der Waals surface area (Å²) < 4.78 is 0. The molecule has 5 heteroatoms. The predicted molar refractivity (Wildman–Crippen MR) is 29.6 cm³/mol. The molecule has 5 nitrogen and oxygen atoms in total. The molecule has 8 heavy (non-hydrogen) atoms. The number of nitrogens with two attached hydrogens (primary N) is 1. The fourth-order valence-electron chi connectivity index (χ4n) is 0.152. The molecule has 0 aliphatic carbocycles. The molecule has 0 aliphatic heterocycles. The first-order valence-corrected chi connectivity index (χ1v) is 1.97. The number of nitrogens with zero attached hydrogens (tertiary/aromatic N) is 2. The number of amides is 1. The first-order chi connectivity index (χ1) is 3.81. The number of hydrazone groups is 1. The van der Waals surface area contributed by atoms with Crippen molar-refractivity contribution in [2.24, 2.45) is 10.9 Å². The summed E-state index contributed by atoms with van der Waals surface area (Å²) in [5.41, 5.74) is 2.00. The second kappa shape index (κ2) is 4.07. The van der Waals surface area contributed by atoms with Crippen LogP contribution in [0.15, 0.2) is 5.10 Å². The van der Waals surface area contributed by atoms with E-state index in [9.17, 15) is 4.79 Å². The Bertz CT molecular complexity index is 91.3. The van der Waals surface area contributed by atoms with Gasteiger partial charge in [-0.3, -0.25) is 4.79 Å². The maximum absolute atomic E-state index is 9.78. The van der Waals surface area contributed by atoms with Crippen LogP contribution >= 0.6 is 0 Å². The van der Waals surface area contributed by atoms with Crippen LogP contribution in [0, 0.1) is 0 Å². The third-order valence-electron chi connectivity index (χ3n) is 0.481. The fourth-order valence-corrected chi connectivity index (χ4v) is 0.152. The number of rotatable bonds is 3. The molecule has 0 aromatic heterocycles. The third kappa shape index (κ3) is 3.10. The topological polar surface area (TPSA) is 70.7 Å². The first kappa shape index (κ1) is 6.90. The van der Waals surface area contributed by atoms with Gasteiger partial charge in [-0.05, 0) is 0 Å². The largest absolute Gasteiger partial charge is 0.307 e. The van der Waals surface area contributed by atoms with Gasteiger partial charge >= 0.3 is 0 Å². The van der Waals surface area contributed by atoms with E-state index in [4.69, 9.17) is 5.84 Å². The van der Waals surface area contributed by atoms with Gasteiger partial charge in [-0.1, -0.05) is 0 Å². The lowest BCUT2D eigenvalue weighted by Gasteiger charge is -1.97. The van der Waals surface area contributed by atoms with Gasteiger partial charge in [-0.25, -0.2) is 11.4 Å². The standard InChI is InChI=1S/C3H8N4O/c1-7(3-8)2-5-6-4/h2-3,6H,4H2,1H3/b5-2-. The Morgan fingerprint density at radius 1 is 1.88 bits per heavy atom. The van der Waals surface area contributed by atoms with E-state index < -0.39 is 0 Å². The van der Waals surface area contributed by atoms with Gasteiger partial charge < -0.3 is 4.90 Å². The normalized spacial score (nSPS) is 9.25. The molecule has 0 bridgehead atoms. The SMILES string of the molecule is CN(C=O)/C=N\NN. The summed E-state index contributed by atoms with van der Waals surface area (Å²) in [5, 5.41) is 3.34. The monoisotopic (exact) mass is 116 g/mol. The van der Waals surface area contributed by atoms with Crippen LogP contribution in [-0.4, -0.2) is 24.7 Å². The van der Waals surface area contributed by atoms with Gasteiger partial charge in [-0.15, -0.1) is 0 Å². The molecule has 3 N–H and O–H groups in total. The molecule has 0 aromatic rings. The number of hydrogen-bond acceptors (Lipinski definition) is 4. The second-order valence-electron chi connectivity index (χ2n) is 1.14. The van der Waals surface area contributed by atoms with E-state index in [0.717, 1.165) is 0 Å². The second-order valence-corrected chi connectivity index (χ2v) is 1.14. The number of carbonyl (C=O) groups is 1.